The normalized spacial score (nSPS) is 18.8. The molecule has 1 aromatic carbocycles. The van der Waals surface area contributed by atoms with Crippen LogP contribution in [-0.4, -0.2) is 33.5 Å². The van der Waals surface area contributed by atoms with Gasteiger partial charge in [-0.25, -0.2) is 14.2 Å². The smallest absolute Gasteiger partial charge is 0.320 e. The van der Waals surface area contributed by atoms with Gasteiger partial charge in [0.25, 0.3) is 0 Å². The average molecular weight is 417 g/mol. The molecule has 8 nitrogen and oxygen atoms in total. The molecule has 3 unspecified atom stereocenters. The van der Waals surface area contributed by atoms with Gasteiger partial charge >= 0.3 is 6.03 Å². The molecule has 156 valence electrons. The maximum atomic E-state index is 13.1. The summed E-state index contributed by atoms with van der Waals surface area (Å²) in [6.07, 6.45) is 5.25. The van der Waals surface area contributed by atoms with Crippen LogP contribution >= 0.6 is 0 Å². The van der Waals surface area contributed by atoms with Crippen LogP contribution < -0.4 is 10.6 Å². The highest BCUT2D eigenvalue weighted by atomic mass is 19.1. The first-order valence-electron chi connectivity index (χ1n) is 9.76. The van der Waals surface area contributed by atoms with Crippen molar-refractivity contribution in [3.8, 4) is 6.07 Å². The van der Waals surface area contributed by atoms with Gasteiger partial charge in [0.1, 0.15) is 23.4 Å². The summed E-state index contributed by atoms with van der Waals surface area (Å²) in [6.45, 7) is 3.74. The van der Waals surface area contributed by atoms with Crippen LogP contribution in [0.25, 0.3) is 16.5 Å². The molecule has 0 saturated carbocycles. The van der Waals surface area contributed by atoms with Gasteiger partial charge in [-0.05, 0) is 24.6 Å². The number of aliphatic imine (C=N–C) groups is 1. The number of hydrogen-bond donors (Lipinski definition) is 3. The number of amides is 2. The Balaban J connectivity index is 1.47. The Bertz CT molecular complexity index is 1220. The van der Waals surface area contributed by atoms with Crippen LogP contribution in [0, 0.1) is 23.1 Å². The van der Waals surface area contributed by atoms with Gasteiger partial charge in [-0.3, -0.25) is 15.4 Å². The zero-order valence-corrected chi connectivity index (χ0v) is 16.9. The maximum Gasteiger partial charge on any atom is 0.320 e. The lowest BCUT2D eigenvalue weighted by molar-refractivity contribution is 0.249. The van der Waals surface area contributed by atoms with Crippen LogP contribution in [0.15, 0.2) is 47.6 Å². The molecule has 0 spiro atoms. The van der Waals surface area contributed by atoms with Gasteiger partial charge in [-0.2, -0.15) is 10.4 Å². The summed E-state index contributed by atoms with van der Waals surface area (Å²) in [5, 5.41) is 22.7. The average Bonchev–Trinajstić information content (AvgIpc) is 3.17. The summed E-state index contributed by atoms with van der Waals surface area (Å²) in [6, 6.07) is 8.68. The number of fused-ring (bicyclic) bond motifs is 1. The number of hydrogen-bond acceptors (Lipinski definition) is 5. The summed E-state index contributed by atoms with van der Waals surface area (Å²) < 4.78 is 13.1. The molecule has 2 amide bonds. The lowest BCUT2D eigenvalue weighted by Crippen LogP contribution is -2.31. The molecule has 31 heavy (non-hydrogen) atoms. The van der Waals surface area contributed by atoms with E-state index >= 15 is 0 Å². The minimum absolute atomic E-state index is 0.0163. The van der Waals surface area contributed by atoms with Crippen LogP contribution in [0.1, 0.15) is 31.1 Å². The van der Waals surface area contributed by atoms with E-state index < -0.39 is 12.1 Å². The topological polar surface area (TPSA) is 119 Å². The second kappa shape index (κ2) is 8.36. The first-order chi connectivity index (χ1) is 14.9. The molecule has 0 aliphatic carbocycles. The van der Waals surface area contributed by atoms with E-state index in [1.807, 2.05) is 19.9 Å². The number of nitrogens with one attached hydrogen (secondary N) is 3. The van der Waals surface area contributed by atoms with Gasteiger partial charge < -0.3 is 5.32 Å². The molecule has 9 heteroatoms. The molecule has 3 atom stereocenters. The number of carbonyl (C=O) groups is 1. The minimum Gasteiger partial charge on any atom is -0.331 e. The molecule has 1 aliphatic heterocycles. The van der Waals surface area contributed by atoms with E-state index in [0.29, 0.717) is 17.0 Å². The number of carbonyl (C=O) groups excluding carboxylic acids is 1. The van der Waals surface area contributed by atoms with Crippen LogP contribution in [-0.2, 0) is 0 Å². The van der Waals surface area contributed by atoms with E-state index in [1.54, 1.807) is 30.6 Å². The molecule has 0 saturated heterocycles. The highest BCUT2D eigenvalue weighted by molar-refractivity contribution is 6.14. The molecule has 0 fully saturated rings. The number of aromatic amines is 1. The molecule has 3 heterocycles. The fraction of sp³-hybridized carbons (Fsp3) is 0.227. The van der Waals surface area contributed by atoms with Gasteiger partial charge in [0.2, 0.25) is 0 Å². The minimum atomic E-state index is -0.429. The lowest BCUT2D eigenvalue weighted by Gasteiger charge is -2.15. The van der Waals surface area contributed by atoms with Crippen molar-refractivity contribution in [2.75, 3.05) is 5.32 Å². The van der Waals surface area contributed by atoms with Crippen LogP contribution in [0.2, 0.25) is 0 Å². The number of allylic oxidation sites excluding steroid dienone is 1. The second-order valence-electron chi connectivity index (χ2n) is 7.39. The molecule has 0 bridgehead atoms. The van der Waals surface area contributed by atoms with Crippen LogP contribution in [0.4, 0.5) is 15.0 Å². The number of halogens is 1. The van der Waals surface area contributed by atoms with Gasteiger partial charge in [0, 0.05) is 35.4 Å². The summed E-state index contributed by atoms with van der Waals surface area (Å²) in [5.74, 6) is 0.0135. The van der Waals surface area contributed by atoms with E-state index in [2.05, 4.69) is 36.9 Å². The second-order valence-corrected chi connectivity index (χ2v) is 7.39. The predicted octanol–water partition coefficient (Wildman–Crippen LogP) is 3.98. The van der Waals surface area contributed by atoms with E-state index in [-0.39, 0.29) is 17.8 Å². The van der Waals surface area contributed by atoms with Crippen molar-refractivity contribution in [2.45, 2.75) is 25.9 Å². The standard InChI is InChI=1S/C22H20FN7O/c1-12-7-15(10-25-19(12)9-24)21-17-11-26-20(8-18(17)29-30-21)28-22(31)27-13(2)14-3-5-16(23)6-4-14/h3-8,10-13,19H,1-2H3,(H,29,30)(H2,26,27,28,31). The summed E-state index contributed by atoms with van der Waals surface area (Å²) in [7, 11) is 0. The van der Waals surface area contributed by atoms with Crippen molar-refractivity contribution in [1.82, 2.24) is 20.5 Å². The molecule has 1 aliphatic rings. The van der Waals surface area contributed by atoms with Gasteiger partial charge in [-0.15, -0.1) is 0 Å². The summed E-state index contributed by atoms with van der Waals surface area (Å²) in [5.41, 5.74) is 3.00. The Labute approximate surface area is 177 Å². The van der Waals surface area contributed by atoms with E-state index in [0.717, 1.165) is 16.5 Å². The lowest BCUT2D eigenvalue weighted by atomic mass is 9.96. The zero-order chi connectivity index (χ0) is 22.0. The molecule has 3 N–H and O–H groups in total. The van der Waals surface area contributed by atoms with Crippen molar-refractivity contribution in [3.05, 3.63) is 59.7 Å². The number of urea groups is 1. The SMILES string of the molecule is CC(NC(=O)Nc1cc2[nH]nc(C3=CC(C)C(C#N)N=C3)c2cn1)c1ccc(F)cc1. The number of pyridine rings is 1. The number of nitriles is 1. The molecular weight excluding hydrogens is 397 g/mol. The highest BCUT2D eigenvalue weighted by Gasteiger charge is 2.20. The van der Waals surface area contributed by atoms with Crippen LogP contribution in [0.5, 0.6) is 0 Å². The Morgan fingerprint density at radius 1 is 1.32 bits per heavy atom. The Morgan fingerprint density at radius 3 is 2.81 bits per heavy atom. The van der Waals surface area contributed by atoms with E-state index in [9.17, 15) is 9.18 Å². The number of dihydropyridines is 1. The number of rotatable bonds is 4. The fourth-order valence-corrected chi connectivity index (χ4v) is 3.39. The number of nitrogens with zero attached hydrogens (tertiary/aromatic N) is 4. The highest BCUT2D eigenvalue weighted by Crippen LogP contribution is 2.27. The van der Waals surface area contributed by atoms with E-state index in [1.165, 1.54) is 12.1 Å². The first-order valence-corrected chi connectivity index (χ1v) is 9.76. The largest absolute Gasteiger partial charge is 0.331 e. The van der Waals surface area contributed by atoms with Gasteiger partial charge in [0.15, 0.2) is 0 Å². The van der Waals surface area contributed by atoms with Crippen molar-refractivity contribution in [2.24, 2.45) is 10.9 Å². The number of anilines is 1. The number of aromatic nitrogens is 3. The third-order valence-electron chi connectivity index (χ3n) is 5.13. The monoisotopic (exact) mass is 417 g/mol. The molecule has 4 rings (SSSR count). The Kier molecular flexibility index (Phi) is 5.45. The van der Waals surface area contributed by atoms with Gasteiger partial charge in [-0.1, -0.05) is 25.1 Å². The molecule has 2 aromatic heterocycles. The van der Waals surface area contributed by atoms with Crippen molar-refractivity contribution >= 4 is 34.5 Å². The van der Waals surface area contributed by atoms with Crippen molar-refractivity contribution in [3.63, 3.8) is 0 Å². The third-order valence-corrected chi connectivity index (χ3v) is 5.13. The summed E-state index contributed by atoms with van der Waals surface area (Å²) in [4.78, 5) is 20.9. The van der Waals surface area contributed by atoms with Crippen molar-refractivity contribution < 1.29 is 9.18 Å². The Hall–Kier alpha value is -4.06. The quantitative estimate of drug-likeness (QED) is 0.595. The third kappa shape index (κ3) is 4.28. The van der Waals surface area contributed by atoms with Gasteiger partial charge in [0.05, 0.1) is 17.6 Å². The van der Waals surface area contributed by atoms with Crippen molar-refractivity contribution in [1.29, 1.82) is 5.26 Å². The predicted molar refractivity (Wildman–Crippen MR) is 116 cm³/mol. The number of benzene rings is 1. The zero-order valence-electron chi connectivity index (χ0n) is 16.9. The van der Waals surface area contributed by atoms with Crippen LogP contribution in [0.3, 0.4) is 0 Å². The first kappa shape index (κ1) is 20.2. The Morgan fingerprint density at radius 2 is 2.10 bits per heavy atom. The summed E-state index contributed by atoms with van der Waals surface area (Å²) >= 11 is 0. The molecular formula is C22H20FN7O. The number of H-pyrrole nitrogens is 1. The maximum absolute atomic E-state index is 13.1. The fourth-order valence-electron chi connectivity index (χ4n) is 3.39. The molecule has 3 aromatic rings. The molecule has 0 radical (unpaired) electrons. The van der Waals surface area contributed by atoms with E-state index in [4.69, 9.17) is 5.26 Å².